The SMILES string of the molecule is CC(Oc1cccc2ccccc12)c1cn(-c2c(Cl)cccc2Cl)nn1. The maximum Gasteiger partial charge on any atom is 0.141 e. The van der Waals surface area contributed by atoms with Gasteiger partial charge in [-0.15, -0.1) is 5.10 Å². The van der Waals surface area contributed by atoms with Crippen LogP contribution in [-0.2, 0) is 0 Å². The molecule has 0 N–H and O–H groups in total. The number of rotatable bonds is 4. The fraction of sp³-hybridized carbons (Fsp3) is 0.100. The number of ether oxygens (including phenoxy) is 1. The molecular formula is C20H15Cl2N3O. The van der Waals surface area contributed by atoms with Crippen molar-refractivity contribution in [1.82, 2.24) is 15.0 Å². The second kappa shape index (κ2) is 6.98. The molecular weight excluding hydrogens is 369 g/mol. The molecule has 1 unspecified atom stereocenters. The summed E-state index contributed by atoms with van der Waals surface area (Å²) in [7, 11) is 0. The van der Waals surface area contributed by atoms with Crippen molar-refractivity contribution in [1.29, 1.82) is 0 Å². The van der Waals surface area contributed by atoms with Crippen molar-refractivity contribution in [3.05, 3.63) is 82.6 Å². The van der Waals surface area contributed by atoms with Gasteiger partial charge in [0.25, 0.3) is 0 Å². The molecule has 0 radical (unpaired) electrons. The van der Waals surface area contributed by atoms with E-state index in [9.17, 15) is 0 Å². The van der Waals surface area contributed by atoms with Gasteiger partial charge in [-0.05, 0) is 30.5 Å². The summed E-state index contributed by atoms with van der Waals surface area (Å²) in [6.07, 6.45) is 1.50. The topological polar surface area (TPSA) is 39.9 Å². The van der Waals surface area contributed by atoms with Gasteiger partial charge in [0, 0.05) is 5.39 Å². The van der Waals surface area contributed by atoms with Gasteiger partial charge in [-0.3, -0.25) is 0 Å². The molecule has 0 amide bonds. The van der Waals surface area contributed by atoms with Gasteiger partial charge in [0.1, 0.15) is 23.2 Å². The molecule has 4 rings (SSSR count). The lowest BCUT2D eigenvalue weighted by Crippen LogP contribution is -2.04. The second-order valence-corrected chi connectivity index (χ2v) is 6.71. The van der Waals surface area contributed by atoms with Crippen LogP contribution >= 0.6 is 23.2 Å². The number of fused-ring (bicyclic) bond motifs is 1. The van der Waals surface area contributed by atoms with E-state index in [1.54, 1.807) is 29.1 Å². The number of aromatic nitrogens is 3. The van der Waals surface area contributed by atoms with E-state index in [1.165, 1.54) is 0 Å². The van der Waals surface area contributed by atoms with Crippen molar-refractivity contribution in [3.63, 3.8) is 0 Å². The number of para-hydroxylation sites is 1. The zero-order valence-corrected chi connectivity index (χ0v) is 15.4. The smallest absolute Gasteiger partial charge is 0.141 e. The molecule has 1 atom stereocenters. The summed E-state index contributed by atoms with van der Waals surface area (Å²) in [6, 6.07) is 19.4. The van der Waals surface area contributed by atoms with E-state index in [-0.39, 0.29) is 6.10 Å². The Balaban J connectivity index is 1.64. The molecule has 4 aromatic rings. The highest BCUT2D eigenvalue weighted by Crippen LogP contribution is 2.31. The fourth-order valence-electron chi connectivity index (χ4n) is 2.83. The monoisotopic (exact) mass is 383 g/mol. The van der Waals surface area contributed by atoms with Crippen molar-refractivity contribution in [2.45, 2.75) is 13.0 Å². The van der Waals surface area contributed by atoms with Gasteiger partial charge < -0.3 is 4.74 Å². The first-order chi connectivity index (χ1) is 12.6. The molecule has 0 saturated carbocycles. The van der Waals surface area contributed by atoms with Crippen molar-refractivity contribution >= 4 is 34.0 Å². The Morgan fingerprint density at radius 2 is 1.62 bits per heavy atom. The van der Waals surface area contributed by atoms with Crippen LogP contribution in [0.3, 0.4) is 0 Å². The summed E-state index contributed by atoms with van der Waals surface area (Å²) in [5.74, 6) is 0.806. The number of benzene rings is 3. The minimum Gasteiger partial charge on any atom is -0.484 e. The number of hydrogen-bond donors (Lipinski definition) is 0. The number of halogens is 2. The molecule has 4 nitrogen and oxygen atoms in total. The molecule has 6 heteroatoms. The average molecular weight is 384 g/mol. The van der Waals surface area contributed by atoms with Gasteiger partial charge in [-0.2, -0.15) is 0 Å². The molecule has 0 aliphatic heterocycles. The Labute approximate surface area is 160 Å². The van der Waals surface area contributed by atoms with E-state index in [4.69, 9.17) is 27.9 Å². The summed E-state index contributed by atoms with van der Waals surface area (Å²) in [5.41, 5.74) is 1.29. The average Bonchev–Trinajstić information content (AvgIpc) is 3.12. The van der Waals surface area contributed by atoms with Crippen LogP contribution in [0.1, 0.15) is 18.7 Å². The molecule has 0 bridgehead atoms. The Morgan fingerprint density at radius 3 is 2.42 bits per heavy atom. The highest BCUT2D eigenvalue weighted by Gasteiger charge is 2.16. The van der Waals surface area contributed by atoms with Crippen LogP contribution in [0.15, 0.2) is 66.9 Å². The van der Waals surface area contributed by atoms with Gasteiger partial charge in [-0.25, -0.2) is 4.68 Å². The van der Waals surface area contributed by atoms with E-state index < -0.39 is 0 Å². The summed E-state index contributed by atoms with van der Waals surface area (Å²) >= 11 is 12.5. The van der Waals surface area contributed by atoms with Gasteiger partial charge in [0.2, 0.25) is 0 Å². The molecule has 26 heavy (non-hydrogen) atoms. The molecule has 1 aromatic heterocycles. The highest BCUT2D eigenvalue weighted by molar-refractivity contribution is 6.37. The third-order valence-corrected chi connectivity index (χ3v) is 4.76. The predicted octanol–water partition coefficient (Wildman–Crippen LogP) is 5.87. The molecule has 3 aromatic carbocycles. The van der Waals surface area contributed by atoms with Crippen LogP contribution in [0.4, 0.5) is 0 Å². The standard InChI is InChI=1S/C20H15Cl2N3O/c1-13(26-19-11-4-7-14-6-2-3-8-15(14)19)18-12-25(24-23-18)20-16(21)9-5-10-17(20)22/h2-13H,1H3. The van der Waals surface area contributed by atoms with Crippen LogP contribution in [-0.4, -0.2) is 15.0 Å². The van der Waals surface area contributed by atoms with Crippen molar-refractivity contribution in [2.24, 2.45) is 0 Å². The van der Waals surface area contributed by atoms with Gasteiger partial charge in [-0.1, -0.05) is 70.9 Å². The van der Waals surface area contributed by atoms with Gasteiger partial charge in [0.05, 0.1) is 16.2 Å². The van der Waals surface area contributed by atoms with E-state index in [1.807, 2.05) is 37.3 Å². The Kier molecular flexibility index (Phi) is 4.53. The number of hydrogen-bond acceptors (Lipinski definition) is 3. The summed E-state index contributed by atoms with van der Waals surface area (Å²) in [4.78, 5) is 0. The van der Waals surface area contributed by atoms with Crippen molar-refractivity contribution in [3.8, 4) is 11.4 Å². The summed E-state index contributed by atoms with van der Waals surface area (Å²) in [6.45, 7) is 1.93. The maximum absolute atomic E-state index is 6.24. The third-order valence-electron chi connectivity index (χ3n) is 4.15. The lowest BCUT2D eigenvalue weighted by Gasteiger charge is -2.14. The first-order valence-corrected chi connectivity index (χ1v) is 8.90. The molecule has 0 aliphatic carbocycles. The zero-order valence-electron chi connectivity index (χ0n) is 13.9. The molecule has 130 valence electrons. The van der Waals surface area contributed by atoms with Gasteiger partial charge >= 0.3 is 0 Å². The third kappa shape index (κ3) is 3.14. The van der Waals surface area contributed by atoms with Crippen LogP contribution in [0.5, 0.6) is 5.75 Å². The largest absolute Gasteiger partial charge is 0.484 e. The fourth-order valence-corrected chi connectivity index (χ4v) is 3.40. The second-order valence-electron chi connectivity index (χ2n) is 5.90. The van der Waals surface area contributed by atoms with Crippen LogP contribution in [0.2, 0.25) is 10.0 Å². The van der Waals surface area contributed by atoms with Crippen molar-refractivity contribution in [2.75, 3.05) is 0 Å². The Morgan fingerprint density at radius 1 is 0.923 bits per heavy atom. The molecule has 0 fully saturated rings. The highest BCUT2D eigenvalue weighted by atomic mass is 35.5. The van der Waals surface area contributed by atoms with Crippen molar-refractivity contribution < 1.29 is 4.74 Å². The number of nitrogens with zero attached hydrogens (tertiary/aromatic N) is 3. The lowest BCUT2D eigenvalue weighted by molar-refractivity contribution is 0.224. The van der Waals surface area contributed by atoms with Crippen LogP contribution < -0.4 is 4.74 Å². The summed E-state index contributed by atoms with van der Waals surface area (Å²) in [5, 5.41) is 11.6. The Hall–Kier alpha value is -2.56. The quantitative estimate of drug-likeness (QED) is 0.442. The van der Waals surface area contributed by atoms with Crippen LogP contribution in [0.25, 0.3) is 16.5 Å². The molecule has 0 spiro atoms. The lowest BCUT2D eigenvalue weighted by atomic mass is 10.1. The normalized spacial score (nSPS) is 12.3. The molecule has 0 aliphatic rings. The predicted molar refractivity (Wildman–Crippen MR) is 104 cm³/mol. The first kappa shape index (κ1) is 16.9. The Bertz CT molecular complexity index is 1050. The zero-order chi connectivity index (χ0) is 18.1. The minimum atomic E-state index is -0.282. The molecule has 1 heterocycles. The van der Waals surface area contributed by atoms with Gasteiger partial charge in [0.15, 0.2) is 0 Å². The van der Waals surface area contributed by atoms with E-state index in [0.717, 1.165) is 16.5 Å². The minimum absolute atomic E-state index is 0.282. The first-order valence-electron chi connectivity index (χ1n) is 8.14. The van der Waals surface area contributed by atoms with E-state index >= 15 is 0 Å². The van der Waals surface area contributed by atoms with Crippen LogP contribution in [0, 0.1) is 0 Å². The maximum atomic E-state index is 6.24. The van der Waals surface area contributed by atoms with E-state index in [2.05, 4.69) is 22.4 Å². The van der Waals surface area contributed by atoms with E-state index in [0.29, 0.717) is 21.4 Å². The molecule has 0 saturated heterocycles. The summed E-state index contributed by atoms with van der Waals surface area (Å²) < 4.78 is 7.71.